The lowest BCUT2D eigenvalue weighted by atomic mass is 9.92. The lowest BCUT2D eigenvalue weighted by molar-refractivity contribution is 0.131. The Morgan fingerprint density at radius 2 is 1.86 bits per heavy atom. The molecule has 5 rings (SSSR count). The van der Waals surface area contributed by atoms with E-state index in [1.54, 1.807) is 12.1 Å². The third kappa shape index (κ3) is 5.45. The number of anilines is 1. The zero-order valence-corrected chi connectivity index (χ0v) is 22.6. The normalized spacial score (nSPS) is 16.0. The fourth-order valence-electron chi connectivity index (χ4n) is 4.34. The highest BCUT2D eigenvalue weighted by atomic mass is 32.2. The molecule has 1 unspecified atom stereocenters. The Hall–Kier alpha value is -3.12. The van der Waals surface area contributed by atoms with E-state index in [2.05, 4.69) is 25.0 Å². The number of piperidine rings is 1. The maximum absolute atomic E-state index is 14.7. The highest BCUT2D eigenvalue weighted by molar-refractivity contribution is 7.90. The van der Waals surface area contributed by atoms with Gasteiger partial charge in [0.1, 0.15) is 22.3 Å². The van der Waals surface area contributed by atoms with Gasteiger partial charge in [0.2, 0.25) is 0 Å². The Bertz CT molecular complexity index is 1530. The van der Waals surface area contributed by atoms with Crippen molar-refractivity contribution in [1.82, 2.24) is 20.1 Å². The van der Waals surface area contributed by atoms with Gasteiger partial charge in [0.05, 0.1) is 10.6 Å². The van der Waals surface area contributed by atoms with Gasteiger partial charge in [-0.25, -0.2) is 22.8 Å². The van der Waals surface area contributed by atoms with E-state index in [1.165, 1.54) is 23.5 Å². The number of fused-ring (bicyclic) bond motifs is 1. The van der Waals surface area contributed by atoms with Gasteiger partial charge in [-0.15, -0.1) is 0 Å². The number of hydrogen-bond donors (Lipinski definition) is 0. The first-order valence-corrected chi connectivity index (χ1v) is 14.8. The third-order valence-corrected chi connectivity index (χ3v) is 8.55. The molecule has 0 N–H and O–H groups in total. The Morgan fingerprint density at radius 3 is 2.51 bits per heavy atom. The molecule has 1 saturated heterocycles. The molecular weight excluding hydrogens is 517 g/mol. The first kappa shape index (κ1) is 25.5. The summed E-state index contributed by atoms with van der Waals surface area (Å²) in [6.45, 7) is 7.75. The van der Waals surface area contributed by atoms with E-state index in [4.69, 9.17) is 9.26 Å². The number of thiazole rings is 1. The lowest BCUT2D eigenvalue weighted by Crippen LogP contribution is -2.38. The molecule has 0 saturated carbocycles. The maximum atomic E-state index is 14.7. The summed E-state index contributed by atoms with van der Waals surface area (Å²) in [5.41, 5.74) is 1.30. The molecule has 1 aromatic carbocycles. The number of rotatable bonds is 7. The van der Waals surface area contributed by atoms with E-state index in [9.17, 15) is 12.8 Å². The molecular formula is C25H28FN5O4S2. The number of pyridine rings is 1. The van der Waals surface area contributed by atoms with Crippen LogP contribution < -0.4 is 9.64 Å². The van der Waals surface area contributed by atoms with Crippen molar-refractivity contribution in [3.05, 3.63) is 42.0 Å². The van der Waals surface area contributed by atoms with E-state index >= 15 is 0 Å². The number of benzene rings is 1. The monoisotopic (exact) mass is 545 g/mol. The second kappa shape index (κ2) is 9.97. The molecule has 0 radical (unpaired) electrons. The molecule has 4 aromatic rings. The predicted octanol–water partition coefficient (Wildman–Crippen LogP) is 5.09. The highest BCUT2D eigenvalue weighted by Gasteiger charge is 2.28. The van der Waals surface area contributed by atoms with E-state index in [-0.39, 0.29) is 22.5 Å². The summed E-state index contributed by atoms with van der Waals surface area (Å²) >= 11 is 1.31. The van der Waals surface area contributed by atoms with Crippen LogP contribution in [0.4, 0.5) is 10.4 Å². The minimum atomic E-state index is -3.49. The fraction of sp³-hybridized carbons (Fsp3) is 0.440. The summed E-state index contributed by atoms with van der Waals surface area (Å²) in [5.74, 6) is 0.649. The molecule has 0 aliphatic carbocycles. The van der Waals surface area contributed by atoms with Gasteiger partial charge in [-0.1, -0.05) is 30.3 Å². The van der Waals surface area contributed by atoms with Gasteiger partial charge in [-0.3, -0.25) is 0 Å². The van der Waals surface area contributed by atoms with Crippen molar-refractivity contribution in [3.8, 4) is 16.5 Å². The van der Waals surface area contributed by atoms with Crippen LogP contribution in [0.3, 0.4) is 0 Å². The molecule has 1 fully saturated rings. The second-order valence-corrected chi connectivity index (χ2v) is 12.6. The molecule has 37 heavy (non-hydrogen) atoms. The van der Waals surface area contributed by atoms with Crippen molar-refractivity contribution >= 4 is 37.5 Å². The molecule has 1 aliphatic heterocycles. The standard InChI is InChI=1S/C25H28FN5O4S2/c1-14(2)22-29-24(35-30-22)31-11-9-16(10-12-31)15(3)34-25-28-21-8-7-20(27-23(21)36-25)18-6-5-17(13-19(18)26)37(4,32)33/h5-8,13-16H,9-12H2,1-4H3. The van der Waals surface area contributed by atoms with Crippen LogP contribution in [-0.4, -0.2) is 54.0 Å². The molecule has 196 valence electrons. The van der Waals surface area contributed by atoms with Crippen molar-refractivity contribution in [2.75, 3.05) is 24.2 Å². The number of hydrogen-bond acceptors (Lipinski definition) is 10. The molecule has 0 bridgehead atoms. The minimum absolute atomic E-state index is 0.0444. The number of aromatic nitrogens is 4. The molecule has 3 aromatic heterocycles. The van der Waals surface area contributed by atoms with Crippen LogP contribution in [0, 0.1) is 11.7 Å². The zero-order valence-electron chi connectivity index (χ0n) is 21.0. The first-order chi connectivity index (χ1) is 17.6. The van der Waals surface area contributed by atoms with Crippen LogP contribution in [0.2, 0.25) is 0 Å². The number of halogens is 1. The second-order valence-electron chi connectivity index (χ2n) is 9.65. The van der Waals surface area contributed by atoms with Crippen LogP contribution in [-0.2, 0) is 9.84 Å². The van der Waals surface area contributed by atoms with E-state index in [0.29, 0.717) is 33.2 Å². The Kier molecular flexibility index (Phi) is 6.88. The Labute approximate surface area is 218 Å². The van der Waals surface area contributed by atoms with Gasteiger partial charge in [0, 0.05) is 30.8 Å². The van der Waals surface area contributed by atoms with Gasteiger partial charge in [0.15, 0.2) is 15.7 Å². The van der Waals surface area contributed by atoms with Gasteiger partial charge < -0.3 is 14.2 Å². The third-order valence-electron chi connectivity index (χ3n) is 6.59. The Morgan fingerprint density at radius 1 is 1.11 bits per heavy atom. The van der Waals surface area contributed by atoms with E-state index in [1.807, 2.05) is 20.8 Å². The smallest absolute Gasteiger partial charge is 0.324 e. The van der Waals surface area contributed by atoms with Crippen LogP contribution in [0.5, 0.6) is 5.19 Å². The summed E-state index contributed by atoms with van der Waals surface area (Å²) in [7, 11) is -3.49. The van der Waals surface area contributed by atoms with Gasteiger partial charge >= 0.3 is 6.01 Å². The summed E-state index contributed by atoms with van der Waals surface area (Å²) in [5, 5.41) is 4.57. The summed E-state index contributed by atoms with van der Waals surface area (Å²) in [6.07, 6.45) is 2.86. The largest absolute Gasteiger partial charge is 0.467 e. The van der Waals surface area contributed by atoms with Crippen molar-refractivity contribution in [2.45, 2.75) is 50.5 Å². The van der Waals surface area contributed by atoms with E-state index < -0.39 is 15.7 Å². The predicted molar refractivity (Wildman–Crippen MR) is 139 cm³/mol. The van der Waals surface area contributed by atoms with Crippen molar-refractivity contribution in [3.63, 3.8) is 0 Å². The minimum Gasteiger partial charge on any atom is -0.467 e. The fourth-order valence-corrected chi connectivity index (χ4v) is 5.84. The maximum Gasteiger partial charge on any atom is 0.324 e. The van der Waals surface area contributed by atoms with Crippen molar-refractivity contribution in [1.29, 1.82) is 0 Å². The zero-order chi connectivity index (χ0) is 26.3. The molecule has 0 spiro atoms. The van der Waals surface area contributed by atoms with Crippen LogP contribution >= 0.6 is 11.3 Å². The molecule has 4 heterocycles. The molecule has 0 amide bonds. The Balaban J connectivity index is 1.25. The quantitative estimate of drug-likeness (QED) is 0.313. The van der Waals surface area contributed by atoms with Gasteiger partial charge in [0.25, 0.3) is 5.19 Å². The average molecular weight is 546 g/mol. The summed E-state index contributed by atoms with van der Waals surface area (Å²) < 4.78 is 49.7. The molecule has 1 aliphatic rings. The first-order valence-electron chi connectivity index (χ1n) is 12.1. The number of nitrogens with zero attached hydrogens (tertiary/aromatic N) is 5. The lowest BCUT2D eigenvalue weighted by Gasteiger charge is -2.33. The molecule has 1 atom stereocenters. The van der Waals surface area contributed by atoms with E-state index in [0.717, 1.165) is 44.1 Å². The van der Waals surface area contributed by atoms with Crippen LogP contribution in [0.25, 0.3) is 21.6 Å². The summed E-state index contributed by atoms with van der Waals surface area (Å²) in [4.78, 5) is 16.3. The highest BCUT2D eigenvalue weighted by Crippen LogP contribution is 2.33. The van der Waals surface area contributed by atoms with Crippen molar-refractivity contribution in [2.24, 2.45) is 5.92 Å². The SMILES string of the molecule is CC(C)c1noc(N2CCC(C(C)Oc3nc4ccc(-c5ccc(S(C)(=O)=O)cc5F)nc4s3)CC2)n1. The van der Waals surface area contributed by atoms with Gasteiger partial charge in [-0.05, 0) is 56.0 Å². The van der Waals surface area contributed by atoms with Crippen LogP contribution in [0.15, 0.2) is 39.8 Å². The average Bonchev–Trinajstić information content (AvgIpc) is 3.50. The molecule has 12 heteroatoms. The van der Waals surface area contributed by atoms with Crippen LogP contribution in [0.1, 0.15) is 45.4 Å². The number of sulfone groups is 1. The van der Waals surface area contributed by atoms with Gasteiger partial charge in [-0.2, -0.15) is 4.98 Å². The summed E-state index contributed by atoms with van der Waals surface area (Å²) in [6, 6.07) is 7.86. The molecule has 9 nitrogen and oxygen atoms in total. The topological polar surface area (TPSA) is 111 Å². The van der Waals surface area contributed by atoms with Crippen molar-refractivity contribution < 1.29 is 22.1 Å². The number of ether oxygens (including phenoxy) is 1.